The van der Waals surface area contributed by atoms with Gasteiger partial charge < -0.3 is 10.2 Å². The van der Waals surface area contributed by atoms with Crippen LogP contribution in [0.2, 0.25) is 0 Å². The molecule has 1 spiro atoms. The monoisotopic (exact) mass is 389 g/mol. The van der Waals surface area contributed by atoms with Crippen LogP contribution in [0.5, 0.6) is 0 Å². The number of guanidine groups is 1. The Hall–Kier alpha value is -0.440. The number of nitrogens with one attached hydrogen (secondary N) is 1. The number of hydrogen-bond donors (Lipinski definition) is 1. The Labute approximate surface area is 141 Å². The fourth-order valence-corrected chi connectivity index (χ4v) is 3.74. The van der Waals surface area contributed by atoms with Gasteiger partial charge in [-0.1, -0.05) is 31.6 Å². The molecule has 114 valence electrons. The van der Waals surface area contributed by atoms with Crippen molar-refractivity contribution in [2.75, 3.05) is 26.7 Å². The molecule has 0 aromatic rings. The first-order valence-electron chi connectivity index (χ1n) is 7.69. The summed E-state index contributed by atoms with van der Waals surface area (Å²) in [6.45, 7) is 2.85. The molecular weight excluding hydrogens is 361 g/mol. The lowest BCUT2D eigenvalue weighted by Crippen LogP contribution is -2.50. The van der Waals surface area contributed by atoms with Crippen LogP contribution in [0.4, 0.5) is 0 Å². The lowest BCUT2D eigenvalue weighted by molar-refractivity contribution is 0.116. The van der Waals surface area contributed by atoms with E-state index in [0.29, 0.717) is 12.0 Å². The average molecular weight is 389 g/mol. The van der Waals surface area contributed by atoms with Gasteiger partial charge in [0, 0.05) is 20.1 Å². The summed E-state index contributed by atoms with van der Waals surface area (Å²) in [6, 6.07) is 0. The van der Waals surface area contributed by atoms with E-state index in [1.807, 2.05) is 7.05 Å². The second kappa shape index (κ2) is 8.76. The molecule has 2 aliphatic rings. The summed E-state index contributed by atoms with van der Waals surface area (Å²) < 4.78 is 0. The molecule has 1 saturated heterocycles. The molecule has 1 N–H and O–H groups in total. The molecule has 0 atom stereocenters. The zero-order valence-electron chi connectivity index (χ0n) is 12.7. The molecule has 2 rings (SSSR count). The van der Waals surface area contributed by atoms with Crippen molar-refractivity contribution in [2.24, 2.45) is 10.4 Å². The van der Waals surface area contributed by atoms with E-state index in [4.69, 9.17) is 6.42 Å². The van der Waals surface area contributed by atoms with E-state index >= 15 is 0 Å². The minimum atomic E-state index is 0. The van der Waals surface area contributed by atoms with Crippen LogP contribution in [0, 0.1) is 17.8 Å². The van der Waals surface area contributed by atoms with Gasteiger partial charge in [0.05, 0.1) is 6.54 Å². The van der Waals surface area contributed by atoms with Crippen LogP contribution in [0.15, 0.2) is 4.99 Å². The van der Waals surface area contributed by atoms with Crippen molar-refractivity contribution in [3.63, 3.8) is 0 Å². The Kier molecular flexibility index (Phi) is 7.71. The molecular formula is C16H28IN3. The number of rotatable bonds is 1. The second-order valence-electron chi connectivity index (χ2n) is 6.04. The molecule has 0 aromatic carbocycles. The van der Waals surface area contributed by atoms with Gasteiger partial charge in [-0.05, 0) is 31.1 Å². The third-order valence-electron chi connectivity index (χ3n) is 4.69. The second-order valence-corrected chi connectivity index (χ2v) is 6.04. The number of terminal acetylenes is 1. The van der Waals surface area contributed by atoms with Gasteiger partial charge in [-0.2, -0.15) is 0 Å². The van der Waals surface area contributed by atoms with E-state index in [1.54, 1.807) is 0 Å². The van der Waals surface area contributed by atoms with Gasteiger partial charge in [0.2, 0.25) is 0 Å². The Morgan fingerprint density at radius 3 is 2.45 bits per heavy atom. The third-order valence-corrected chi connectivity index (χ3v) is 4.69. The number of aliphatic imine (C=N–C) groups is 1. The highest BCUT2D eigenvalue weighted by Crippen LogP contribution is 2.42. The van der Waals surface area contributed by atoms with E-state index in [2.05, 4.69) is 21.1 Å². The van der Waals surface area contributed by atoms with Crippen LogP contribution in [-0.4, -0.2) is 37.5 Å². The predicted octanol–water partition coefficient (Wildman–Crippen LogP) is 3.25. The summed E-state index contributed by atoms with van der Waals surface area (Å²) in [5.41, 5.74) is 0.544. The normalized spacial score (nSPS) is 22.6. The lowest BCUT2D eigenvalue weighted by atomic mass is 9.74. The lowest BCUT2D eigenvalue weighted by Gasteiger charge is -2.43. The zero-order chi connectivity index (χ0) is 13.6. The predicted molar refractivity (Wildman–Crippen MR) is 96.6 cm³/mol. The summed E-state index contributed by atoms with van der Waals surface area (Å²) in [5, 5.41) is 3.27. The van der Waals surface area contributed by atoms with Gasteiger partial charge in [-0.3, -0.25) is 4.99 Å². The number of hydrogen-bond acceptors (Lipinski definition) is 1. The first-order chi connectivity index (χ1) is 9.29. The number of halogens is 1. The standard InChI is InChI=1S/C16H27N3.HI/c1-3-12-18-15(17-2)19-13-8-11-16(14-19)9-6-4-5-7-10-16;/h1H,4-14H2,2H3,(H,17,18);1H. The minimum absolute atomic E-state index is 0. The Bertz CT molecular complexity index is 351. The molecule has 0 amide bonds. The van der Waals surface area contributed by atoms with Crippen LogP contribution < -0.4 is 5.32 Å². The molecule has 1 heterocycles. The highest BCUT2D eigenvalue weighted by atomic mass is 127. The Balaban J connectivity index is 0.00000200. The molecule has 20 heavy (non-hydrogen) atoms. The molecule has 3 nitrogen and oxygen atoms in total. The quantitative estimate of drug-likeness (QED) is 0.323. The molecule has 0 aromatic heterocycles. The molecule has 1 aliphatic heterocycles. The van der Waals surface area contributed by atoms with E-state index < -0.39 is 0 Å². The van der Waals surface area contributed by atoms with Gasteiger partial charge in [0.15, 0.2) is 5.96 Å². The van der Waals surface area contributed by atoms with Crippen molar-refractivity contribution in [3.8, 4) is 12.3 Å². The van der Waals surface area contributed by atoms with Crippen molar-refractivity contribution in [3.05, 3.63) is 0 Å². The van der Waals surface area contributed by atoms with Gasteiger partial charge in [0.1, 0.15) is 0 Å². The molecule has 0 unspecified atom stereocenters. The van der Waals surface area contributed by atoms with E-state index in [-0.39, 0.29) is 24.0 Å². The Morgan fingerprint density at radius 1 is 1.20 bits per heavy atom. The van der Waals surface area contributed by atoms with Crippen molar-refractivity contribution in [1.82, 2.24) is 10.2 Å². The van der Waals surface area contributed by atoms with E-state index in [9.17, 15) is 0 Å². The zero-order valence-corrected chi connectivity index (χ0v) is 15.0. The molecule has 1 saturated carbocycles. The fraction of sp³-hybridized carbons (Fsp3) is 0.812. The maximum Gasteiger partial charge on any atom is 0.194 e. The first kappa shape index (κ1) is 17.6. The Morgan fingerprint density at radius 2 is 1.85 bits per heavy atom. The molecule has 1 aliphatic carbocycles. The summed E-state index contributed by atoms with van der Waals surface area (Å²) >= 11 is 0. The number of likely N-dealkylation sites (tertiary alicyclic amines) is 1. The molecule has 2 fully saturated rings. The van der Waals surface area contributed by atoms with Gasteiger partial charge in [-0.25, -0.2) is 0 Å². The largest absolute Gasteiger partial charge is 0.345 e. The van der Waals surface area contributed by atoms with Crippen LogP contribution in [0.1, 0.15) is 51.4 Å². The van der Waals surface area contributed by atoms with E-state index in [0.717, 1.165) is 19.0 Å². The van der Waals surface area contributed by atoms with Crippen LogP contribution in [-0.2, 0) is 0 Å². The third kappa shape index (κ3) is 4.54. The van der Waals surface area contributed by atoms with E-state index in [1.165, 1.54) is 51.4 Å². The maximum atomic E-state index is 5.33. The van der Waals surface area contributed by atoms with Crippen molar-refractivity contribution >= 4 is 29.9 Å². The highest BCUT2D eigenvalue weighted by molar-refractivity contribution is 14.0. The summed E-state index contributed by atoms with van der Waals surface area (Å²) in [6.07, 6.45) is 16.5. The van der Waals surface area contributed by atoms with Crippen LogP contribution in [0.25, 0.3) is 0 Å². The molecule has 0 bridgehead atoms. The van der Waals surface area contributed by atoms with Crippen molar-refractivity contribution in [1.29, 1.82) is 0 Å². The number of piperidine rings is 1. The van der Waals surface area contributed by atoms with Gasteiger partial charge in [0.25, 0.3) is 0 Å². The highest BCUT2D eigenvalue weighted by Gasteiger charge is 2.36. The summed E-state index contributed by atoms with van der Waals surface area (Å²) in [5.74, 6) is 3.62. The SMILES string of the molecule is C#CCNC(=NC)N1CCCC2(CCCCCC2)C1.I. The minimum Gasteiger partial charge on any atom is -0.345 e. The number of nitrogens with zero attached hydrogens (tertiary/aromatic N) is 2. The molecule has 4 heteroatoms. The van der Waals surface area contributed by atoms with Crippen LogP contribution in [0.3, 0.4) is 0 Å². The first-order valence-corrected chi connectivity index (χ1v) is 7.69. The summed E-state index contributed by atoms with van der Waals surface area (Å²) in [4.78, 5) is 6.81. The van der Waals surface area contributed by atoms with Crippen molar-refractivity contribution < 1.29 is 0 Å². The van der Waals surface area contributed by atoms with Crippen LogP contribution >= 0.6 is 24.0 Å². The van der Waals surface area contributed by atoms with Gasteiger partial charge in [-0.15, -0.1) is 30.4 Å². The topological polar surface area (TPSA) is 27.6 Å². The van der Waals surface area contributed by atoms with Gasteiger partial charge >= 0.3 is 0 Å². The smallest absolute Gasteiger partial charge is 0.194 e. The fourth-order valence-electron chi connectivity index (χ4n) is 3.74. The average Bonchev–Trinajstić information content (AvgIpc) is 2.66. The maximum absolute atomic E-state index is 5.33. The summed E-state index contributed by atoms with van der Waals surface area (Å²) in [7, 11) is 1.85. The molecule has 0 radical (unpaired) electrons. The van der Waals surface area contributed by atoms with Crippen molar-refractivity contribution in [2.45, 2.75) is 51.4 Å².